The fraction of sp³-hybridized carbons (Fsp3) is 0.411. The Morgan fingerprint density at radius 2 is 0.850 bits per heavy atom. The number of piperidine rings is 1. The van der Waals surface area contributed by atoms with Crippen molar-refractivity contribution in [1.82, 2.24) is 40.5 Å². The zero-order valence-corrected chi connectivity index (χ0v) is 71.7. The third kappa shape index (κ3) is 24.2. The SMILES string of the molecule is COCCOc1cc(F)c(-c2nc(C(=O)Cc3cnccc3N3C[C@@H](N)[C@@H](NC(=O)OC)[C@@H](C)C3)ccc2F)c(F)c1.COCCOc1cc(F)c(-c2nc(C(=O)Cc3cnccc3[C@H]3C[C@@H](N)[C@@H](NC(=O)OC)[C@@H](C)C3)ccc2F)c(F)c1.C[C@H]1C[C@@H](c2ccncc2CC(=O)c2ccc(F)c(-c3c(F)cc(OC4CCOCC4)cc3F)n2)C[C@@H](N)[C@H]1S(C)(=O)=O. The summed E-state index contributed by atoms with van der Waals surface area (Å²) in [5.74, 6) is -11.5. The number of hydrogen-bond donors (Lipinski definition) is 5. The second kappa shape index (κ2) is 43.7. The van der Waals surface area contributed by atoms with E-state index in [0.29, 0.717) is 87.2 Å². The fourth-order valence-electron chi connectivity index (χ4n) is 16.8. The summed E-state index contributed by atoms with van der Waals surface area (Å²) in [5, 5.41) is 4.92. The molecule has 0 bridgehead atoms. The quantitative estimate of drug-likeness (QED) is 0.0173. The number of halogens is 9. The smallest absolute Gasteiger partial charge is 0.407 e. The summed E-state index contributed by atoms with van der Waals surface area (Å²) >= 11 is 0. The number of rotatable bonds is 28. The molecule has 13 rings (SSSR count). The van der Waals surface area contributed by atoms with Gasteiger partial charge in [0.2, 0.25) is 0 Å². The number of sulfone groups is 1. The topological polar surface area (TPSA) is 376 Å². The largest absolute Gasteiger partial charge is 0.491 e. The van der Waals surface area contributed by atoms with Crippen molar-refractivity contribution in [2.75, 3.05) is 92.3 Å². The number of amides is 2. The third-order valence-corrected chi connectivity index (χ3v) is 24.5. The predicted octanol–water partition coefficient (Wildman–Crippen LogP) is 12.9. The summed E-state index contributed by atoms with van der Waals surface area (Å²) in [6.45, 7) is 8.22. The van der Waals surface area contributed by atoms with Gasteiger partial charge in [-0.05, 0) is 132 Å². The van der Waals surface area contributed by atoms with Crippen molar-refractivity contribution in [3.05, 3.63) is 225 Å². The molecule has 0 unspecified atom stereocenters. The van der Waals surface area contributed by atoms with Crippen LogP contribution in [-0.2, 0) is 52.8 Å². The molecule has 2 aliphatic carbocycles. The molecule has 4 aliphatic rings. The maximum absolute atomic E-state index is 15.1. The van der Waals surface area contributed by atoms with E-state index < -0.39 is 143 Å². The lowest BCUT2D eigenvalue weighted by Crippen LogP contribution is -2.62. The molecule has 27 nitrogen and oxygen atoms in total. The first-order chi connectivity index (χ1) is 60.7. The monoisotopic (exact) mass is 1790 g/mol. The Balaban J connectivity index is 0.000000185. The van der Waals surface area contributed by atoms with Gasteiger partial charge in [-0.15, -0.1) is 0 Å². The number of ether oxygens (including phenoxy) is 8. The van der Waals surface area contributed by atoms with E-state index in [9.17, 15) is 63.1 Å². The summed E-state index contributed by atoms with van der Waals surface area (Å²) in [5.41, 5.74) is 18.8. The van der Waals surface area contributed by atoms with Crippen molar-refractivity contribution in [2.45, 2.75) is 132 Å². The van der Waals surface area contributed by atoms with Crippen LogP contribution in [0, 0.1) is 70.1 Å². The van der Waals surface area contributed by atoms with Crippen molar-refractivity contribution >= 4 is 45.1 Å². The molecule has 2 aliphatic heterocycles. The second-order valence-corrected chi connectivity index (χ2v) is 33.9. The highest BCUT2D eigenvalue weighted by atomic mass is 32.2. The van der Waals surface area contributed by atoms with Gasteiger partial charge in [-0.2, -0.15) is 0 Å². The van der Waals surface area contributed by atoms with Crippen LogP contribution < -0.4 is 46.9 Å². The van der Waals surface area contributed by atoms with Crippen LogP contribution in [0.25, 0.3) is 33.8 Å². The molecule has 2 saturated carbocycles. The Morgan fingerprint density at radius 1 is 0.465 bits per heavy atom. The highest BCUT2D eigenvalue weighted by Gasteiger charge is 2.42. The van der Waals surface area contributed by atoms with Crippen LogP contribution in [0.5, 0.6) is 17.2 Å². The predicted molar refractivity (Wildman–Crippen MR) is 450 cm³/mol. The van der Waals surface area contributed by atoms with Crippen LogP contribution >= 0.6 is 0 Å². The number of nitrogens with one attached hydrogen (secondary N) is 2. The molecular formula is C90H99F9N12O15S. The van der Waals surface area contributed by atoms with Crippen molar-refractivity contribution in [2.24, 2.45) is 35.0 Å². The first kappa shape index (κ1) is 96.0. The standard InChI is InChI=1S/C31H34F3N3O5S.C30H33F3N4O5.C29H32F3N5O5/c1-17-11-18(12-26(35)31(17)43(2,39)40)22-5-8-36-16-19(22)13-28(38)27-4-3-23(32)30(37-27)29-24(33)14-21(15-25(29)34)42-20-6-9-41-10-7-20;1-16-10-17(11-24(34)28(16)37-30(39)41-3)20-6-7-35-15-18(20)12-26(38)25-5-4-21(31)29(36-25)27-22(32)13-19(14-23(27)33)42-9-8-40-2;1-16-14-37(15-22(33)27(16)36-29(39)41-3)24-6-7-34-13-17(24)10-25(38)23-5-4-19(30)28(35-23)26-20(31)11-18(12-21(26)32)42-9-8-40-2/h3-5,8,14-18,20,26,31H,6-7,9-13,35H2,1-2H3;4-7,13-17,24,28H,8-12,34H2,1-3H3,(H,37,39);4-7,11-13,16,22,27H,8-10,14-15,33H2,1-3H3,(H,36,39)/t17-,18+,26+,31-;16-,17+,24+,28-;16-,22+,27-/m000/s1. The maximum atomic E-state index is 15.1. The average molecular weight is 1790 g/mol. The number of nitrogens with two attached hydrogens (primary N) is 3. The number of carbonyl (C=O) groups is 5. The van der Waals surface area contributed by atoms with Gasteiger partial charge < -0.3 is 70.6 Å². The van der Waals surface area contributed by atoms with Gasteiger partial charge in [0, 0.05) is 175 Å². The molecule has 678 valence electrons. The molecule has 8 heterocycles. The van der Waals surface area contributed by atoms with Gasteiger partial charge in [-0.25, -0.2) is 72.5 Å². The number of anilines is 1. The van der Waals surface area contributed by atoms with Gasteiger partial charge >= 0.3 is 12.2 Å². The summed E-state index contributed by atoms with van der Waals surface area (Å²) in [7, 11) is 2.15. The van der Waals surface area contributed by atoms with Crippen LogP contribution in [0.2, 0.25) is 0 Å². The molecule has 0 radical (unpaired) electrons. The van der Waals surface area contributed by atoms with Crippen molar-refractivity contribution in [3.8, 4) is 51.0 Å². The van der Waals surface area contributed by atoms with Gasteiger partial charge in [0.15, 0.2) is 27.2 Å². The van der Waals surface area contributed by atoms with E-state index in [1.165, 1.54) is 53.0 Å². The summed E-state index contributed by atoms with van der Waals surface area (Å²) < 4.78 is 199. The molecule has 127 heavy (non-hydrogen) atoms. The van der Waals surface area contributed by atoms with Gasteiger partial charge in [-0.1, -0.05) is 20.8 Å². The fourth-order valence-corrected chi connectivity index (χ4v) is 18.5. The number of aromatic nitrogens is 6. The number of nitrogens with zero attached hydrogens (tertiary/aromatic N) is 7. The first-order valence-electron chi connectivity index (χ1n) is 40.9. The molecule has 8 N–H and O–H groups in total. The summed E-state index contributed by atoms with van der Waals surface area (Å²) in [6, 6.07) is 15.5. The van der Waals surface area contributed by atoms with E-state index in [1.807, 2.05) is 31.7 Å². The first-order valence-corrected chi connectivity index (χ1v) is 42.9. The van der Waals surface area contributed by atoms with Crippen LogP contribution in [-0.4, -0.2) is 197 Å². The molecule has 3 aromatic carbocycles. The minimum Gasteiger partial charge on any atom is -0.491 e. The molecule has 37 heteroatoms. The number of carbonyl (C=O) groups excluding carboxylic acids is 5. The Bertz CT molecular complexity index is 5240. The minimum atomic E-state index is -3.34. The lowest BCUT2D eigenvalue weighted by atomic mass is 9.72. The Labute approximate surface area is 727 Å². The van der Waals surface area contributed by atoms with Crippen LogP contribution in [0.1, 0.15) is 130 Å². The molecule has 11 atom stereocenters. The molecule has 0 spiro atoms. The summed E-state index contributed by atoms with van der Waals surface area (Å²) in [4.78, 5) is 90.0. The average Bonchev–Trinajstić information content (AvgIpc) is 0.939. The molecule has 6 aromatic heterocycles. The van der Waals surface area contributed by atoms with Crippen LogP contribution in [0.4, 0.5) is 54.8 Å². The minimum absolute atomic E-state index is 0.0129. The van der Waals surface area contributed by atoms with E-state index in [4.69, 9.17) is 55.1 Å². The van der Waals surface area contributed by atoms with E-state index >= 15 is 8.78 Å². The van der Waals surface area contributed by atoms with Gasteiger partial charge in [0.1, 0.15) is 123 Å². The van der Waals surface area contributed by atoms with Crippen LogP contribution in [0.15, 0.2) is 128 Å². The van der Waals surface area contributed by atoms with E-state index in [0.717, 1.165) is 71.8 Å². The van der Waals surface area contributed by atoms with Crippen LogP contribution in [0.3, 0.4) is 0 Å². The molecule has 9 aromatic rings. The summed E-state index contributed by atoms with van der Waals surface area (Å²) in [6.07, 6.45) is 12.2. The zero-order chi connectivity index (χ0) is 91.7. The Morgan fingerprint density at radius 3 is 1.24 bits per heavy atom. The molecule has 4 fully saturated rings. The van der Waals surface area contributed by atoms with Gasteiger partial charge in [0.25, 0.3) is 0 Å². The van der Waals surface area contributed by atoms with Crippen molar-refractivity contribution in [1.29, 1.82) is 0 Å². The zero-order valence-electron chi connectivity index (χ0n) is 70.9. The molecular weight excluding hydrogens is 1690 g/mol. The third-order valence-electron chi connectivity index (χ3n) is 22.7. The lowest BCUT2D eigenvalue weighted by Gasteiger charge is -2.42. The normalized spacial score (nSPS) is 20.6. The lowest BCUT2D eigenvalue weighted by molar-refractivity contribution is 0.0253. The van der Waals surface area contributed by atoms with Gasteiger partial charge in [-0.3, -0.25) is 29.3 Å². The number of pyridine rings is 6. The van der Waals surface area contributed by atoms with E-state index in [-0.39, 0.29) is 134 Å². The second-order valence-electron chi connectivity index (χ2n) is 31.7. The van der Waals surface area contributed by atoms with E-state index in [1.54, 1.807) is 43.1 Å². The van der Waals surface area contributed by atoms with Crippen molar-refractivity contribution < 1.29 is 110 Å². The Hall–Kier alpha value is -11.6. The van der Waals surface area contributed by atoms with Gasteiger partial charge in [0.05, 0.1) is 68.6 Å². The molecule has 2 saturated heterocycles. The number of hydrogen-bond acceptors (Lipinski definition) is 25. The maximum Gasteiger partial charge on any atom is 0.407 e. The number of Topliss-reactive ketones (excluding diaryl/α,β-unsaturated/α-hetero) is 3. The highest BCUT2D eigenvalue weighted by molar-refractivity contribution is 7.91. The Kier molecular flexibility index (Phi) is 33.1. The number of alkyl carbamates (subject to hydrolysis) is 2. The van der Waals surface area contributed by atoms with E-state index in [2.05, 4.69) is 40.5 Å². The number of ketones is 3. The molecule has 2 amide bonds. The number of methoxy groups -OCH3 is 4. The van der Waals surface area contributed by atoms with Crippen molar-refractivity contribution in [3.63, 3.8) is 0 Å². The number of benzene rings is 3. The highest BCUT2D eigenvalue weighted by Crippen LogP contribution is 2.43.